The lowest BCUT2D eigenvalue weighted by atomic mass is 9.88. The maximum Gasteiger partial charge on any atom is 0.0481 e. The largest absolute Gasteiger partial charge is 0.337 e. The van der Waals surface area contributed by atoms with E-state index >= 15 is 0 Å². The van der Waals surface area contributed by atoms with Gasteiger partial charge >= 0.3 is 0 Å². The van der Waals surface area contributed by atoms with Crippen molar-refractivity contribution >= 4 is 11.4 Å². The molecule has 0 aliphatic rings. The third-order valence-electron chi connectivity index (χ3n) is 4.86. The first-order valence-corrected chi connectivity index (χ1v) is 9.57. The van der Waals surface area contributed by atoms with Gasteiger partial charge < -0.3 is 4.90 Å². The molecule has 0 N–H and O–H groups in total. The molecule has 0 atom stereocenters. The van der Waals surface area contributed by atoms with Gasteiger partial charge in [0, 0.05) is 17.9 Å². The molecule has 0 saturated heterocycles. The highest BCUT2D eigenvalue weighted by atomic mass is 15.1. The van der Waals surface area contributed by atoms with Crippen molar-refractivity contribution in [1.29, 1.82) is 0 Å². The first-order valence-electron chi connectivity index (χ1n) is 9.57. The highest BCUT2D eigenvalue weighted by Crippen LogP contribution is 2.38. The molecule has 0 aliphatic carbocycles. The number of anilines is 2. The quantitative estimate of drug-likeness (QED) is 0.455. The summed E-state index contributed by atoms with van der Waals surface area (Å²) in [6.45, 7) is 10.0. The van der Waals surface area contributed by atoms with E-state index in [2.05, 4.69) is 111 Å². The first-order chi connectivity index (χ1) is 12.6. The summed E-state index contributed by atoms with van der Waals surface area (Å²) in [7, 11) is 0. The van der Waals surface area contributed by atoms with E-state index in [1.54, 1.807) is 0 Å². The predicted octanol–water partition coefficient (Wildman–Crippen LogP) is 7.27. The Labute approximate surface area is 158 Å². The zero-order chi connectivity index (χ0) is 18.5. The van der Waals surface area contributed by atoms with Gasteiger partial charge in [0.1, 0.15) is 0 Å². The van der Waals surface area contributed by atoms with Crippen molar-refractivity contribution in [2.75, 3.05) is 4.90 Å². The average Bonchev–Trinajstić information content (AvgIpc) is 2.67. The number of hydrogen-bond donors (Lipinski definition) is 0. The molecular weight excluding hydrogens is 314 g/mol. The lowest BCUT2D eigenvalue weighted by Gasteiger charge is -2.31. The summed E-state index contributed by atoms with van der Waals surface area (Å²) < 4.78 is 0. The van der Waals surface area contributed by atoms with E-state index in [0.717, 1.165) is 6.54 Å². The molecule has 3 aromatic carbocycles. The van der Waals surface area contributed by atoms with Gasteiger partial charge in [0.15, 0.2) is 0 Å². The normalized spacial score (nSPS) is 11.2. The van der Waals surface area contributed by atoms with Crippen LogP contribution in [0.1, 0.15) is 56.2 Å². The Hall–Kier alpha value is -2.54. The monoisotopic (exact) mass is 343 g/mol. The van der Waals surface area contributed by atoms with E-state index in [0.29, 0.717) is 11.8 Å². The minimum absolute atomic E-state index is 0.477. The van der Waals surface area contributed by atoms with Gasteiger partial charge in [-0.15, -0.1) is 0 Å². The number of benzene rings is 3. The molecule has 3 aromatic rings. The summed E-state index contributed by atoms with van der Waals surface area (Å²) >= 11 is 0. The summed E-state index contributed by atoms with van der Waals surface area (Å²) in [4.78, 5) is 2.45. The summed E-state index contributed by atoms with van der Waals surface area (Å²) in [6, 6.07) is 28.2. The van der Waals surface area contributed by atoms with Crippen molar-refractivity contribution in [2.24, 2.45) is 0 Å². The fourth-order valence-electron chi connectivity index (χ4n) is 3.63. The molecule has 26 heavy (non-hydrogen) atoms. The molecule has 0 heterocycles. The second-order valence-corrected chi connectivity index (χ2v) is 7.50. The second-order valence-electron chi connectivity index (χ2n) is 7.50. The Morgan fingerprint density at radius 3 is 1.85 bits per heavy atom. The predicted molar refractivity (Wildman–Crippen MR) is 113 cm³/mol. The standard InChI is InChI=1S/C25H29N/c1-19(2)23-16-11-17-24(25(23)20(3)4)26(22-14-9-6-10-15-22)18-21-12-7-5-8-13-21/h5-17,19-20H,18H2,1-4H3. The minimum Gasteiger partial charge on any atom is -0.337 e. The molecule has 1 heteroatoms. The van der Waals surface area contributed by atoms with E-state index in [-0.39, 0.29) is 0 Å². The molecule has 0 aromatic heterocycles. The second kappa shape index (κ2) is 8.23. The molecular formula is C25H29N. The zero-order valence-corrected chi connectivity index (χ0v) is 16.3. The Balaban J connectivity index is 2.15. The third-order valence-corrected chi connectivity index (χ3v) is 4.86. The molecule has 0 bridgehead atoms. The summed E-state index contributed by atoms with van der Waals surface area (Å²) in [5.74, 6) is 0.993. The van der Waals surface area contributed by atoms with Crippen molar-refractivity contribution in [3.8, 4) is 0 Å². The van der Waals surface area contributed by atoms with Gasteiger partial charge in [-0.2, -0.15) is 0 Å². The smallest absolute Gasteiger partial charge is 0.0481 e. The summed E-state index contributed by atoms with van der Waals surface area (Å²) in [5.41, 5.74) is 6.79. The van der Waals surface area contributed by atoms with Crippen LogP contribution in [0.25, 0.3) is 0 Å². The van der Waals surface area contributed by atoms with Gasteiger partial charge in [-0.1, -0.05) is 88.4 Å². The van der Waals surface area contributed by atoms with Crippen LogP contribution >= 0.6 is 0 Å². The summed E-state index contributed by atoms with van der Waals surface area (Å²) in [5, 5.41) is 0. The van der Waals surface area contributed by atoms with Crippen LogP contribution in [0.5, 0.6) is 0 Å². The molecule has 0 saturated carbocycles. The molecule has 3 rings (SSSR count). The van der Waals surface area contributed by atoms with Crippen LogP contribution in [0, 0.1) is 0 Å². The highest BCUT2D eigenvalue weighted by Gasteiger charge is 2.20. The number of nitrogens with zero attached hydrogens (tertiary/aromatic N) is 1. The lowest BCUT2D eigenvalue weighted by Crippen LogP contribution is -2.19. The highest BCUT2D eigenvalue weighted by molar-refractivity contribution is 5.69. The first kappa shape index (κ1) is 18.3. The minimum atomic E-state index is 0.477. The van der Waals surface area contributed by atoms with E-state index in [9.17, 15) is 0 Å². The van der Waals surface area contributed by atoms with Crippen molar-refractivity contribution in [3.63, 3.8) is 0 Å². The van der Waals surface area contributed by atoms with Crippen molar-refractivity contribution in [3.05, 3.63) is 95.6 Å². The van der Waals surface area contributed by atoms with Gasteiger partial charge in [0.05, 0.1) is 0 Å². The fraction of sp³-hybridized carbons (Fsp3) is 0.280. The number of rotatable bonds is 6. The van der Waals surface area contributed by atoms with E-state index < -0.39 is 0 Å². The molecule has 0 radical (unpaired) electrons. The number of para-hydroxylation sites is 1. The van der Waals surface area contributed by atoms with E-state index in [1.807, 2.05) is 0 Å². The summed E-state index contributed by atoms with van der Waals surface area (Å²) in [6.07, 6.45) is 0. The maximum atomic E-state index is 2.45. The van der Waals surface area contributed by atoms with Gasteiger partial charge in [-0.05, 0) is 46.7 Å². The van der Waals surface area contributed by atoms with Crippen molar-refractivity contribution in [1.82, 2.24) is 0 Å². The molecule has 0 fully saturated rings. The van der Waals surface area contributed by atoms with Gasteiger partial charge in [-0.25, -0.2) is 0 Å². The van der Waals surface area contributed by atoms with Crippen molar-refractivity contribution in [2.45, 2.75) is 46.1 Å². The Kier molecular flexibility index (Phi) is 5.78. The van der Waals surface area contributed by atoms with Crippen LogP contribution in [-0.2, 0) is 6.54 Å². The lowest BCUT2D eigenvalue weighted by molar-refractivity contribution is 0.783. The number of hydrogen-bond acceptors (Lipinski definition) is 1. The Morgan fingerprint density at radius 1 is 0.654 bits per heavy atom. The molecule has 0 unspecified atom stereocenters. The van der Waals surface area contributed by atoms with Gasteiger partial charge in [-0.3, -0.25) is 0 Å². The molecule has 0 amide bonds. The Bertz CT molecular complexity index is 819. The van der Waals surface area contributed by atoms with Crippen LogP contribution in [0.3, 0.4) is 0 Å². The molecule has 1 nitrogen and oxygen atoms in total. The topological polar surface area (TPSA) is 3.24 Å². The molecule has 0 aliphatic heterocycles. The zero-order valence-electron chi connectivity index (χ0n) is 16.3. The SMILES string of the molecule is CC(C)c1cccc(N(Cc2ccccc2)c2ccccc2)c1C(C)C. The molecule has 134 valence electrons. The average molecular weight is 344 g/mol. The Morgan fingerprint density at radius 2 is 1.27 bits per heavy atom. The van der Waals surface area contributed by atoms with Crippen molar-refractivity contribution < 1.29 is 0 Å². The fourth-order valence-corrected chi connectivity index (χ4v) is 3.63. The van der Waals surface area contributed by atoms with Crippen LogP contribution in [0.15, 0.2) is 78.9 Å². The van der Waals surface area contributed by atoms with Crippen LogP contribution < -0.4 is 4.90 Å². The van der Waals surface area contributed by atoms with Gasteiger partial charge in [0.2, 0.25) is 0 Å². The third kappa shape index (κ3) is 3.99. The van der Waals surface area contributed by atoms with Crippen LogP contribution in [0.4, 0.5) is 11.4 Å². The van der Waals surface area contributed by atoms with Crippen LogP contribution in [-0.4, -0.2) is 0 Å². The maximum absolute atomic E-state index is 2.45. The van der Waals surface area contributed by atoms with E-state index in [4.69, 9.17) is 0 Å². The van der Waals surface area contributed by atoms with E-state index in [1.165, 1.54) is 28.1 Å². The van der Waals surface area contributed by atoms with Gasteiger partial charge in [0.25, 0.3) is 0 Å². The molecule has 0 spiro atoms. The van der Waals surface area contributed by atoms with Crippen LogP contribution in [0.2, 0.25) is 0 Å².